The topological polar surface area (TPSA) is 145 Å². The third kappa shape index (κ3) is 5.92. The molecule has 0 saturated carbocycles. The number of hydrogen-bond donors (Lipinski definition) is 1. The van der Waals surface area contributed by atoms with E-state index >= 15 is 0 Å². The predicted molar refractivity (Wildman–Crippen MR) is 150 cm³/mol. The molecule has 0 spiro atoms. The van der Waals surface area contributed by atoms with Crippen molar-refractivity contribution in [3.8, 4) is 6.07 Å². The van der Waals surface area contributed by atoms with Gasteiger partial charge in [0.15, 0.2) is 0 Å². The second-order valence-corrected chi connectivity index (χ2v) is 9.63. The summed E-state index contributed by atoms with van der Waals surface area (Å²) in [6, 6.07) is 21.0. The number of ether oxygens (including phenoxy) is 3. The van der Waals surface area contributed by atoms with E-state index in [2.05, 4.69) is 11.1 Å². The molecule has 0 amide bonds. The van der Waals surface area contributed by atoms with E-state index in [4.69, 9.17) is 19.9 Å². The van der Waals surface area contributed by atoms with Crippen molar-refractivity contribution in [1.29, 1.82) is 5.26 Å². The van der Waals surface area contributed by atoms with E-state index in [1.54, 1.807) is 73.7 Å². The molecule has 11 heteroatoms. The summed E-state index contributed by atoms with van der Waals surface area (Å²) in [4.78, 5) is 44.9. The van der Waals surface area contributed by atoms with Crippen LogP contribution in [0.5, 0.6) is 0 Å². The standard InChI is InChI=1S/C30H26N4O6S/c1-4-40-28(35)19-14-15-33-23(16-19)41-21-12-10-20(11-13-21)34-26(30(37)39-3)25(29(36)38-2)24(22(17-31)27(34)32)18-8-6-5-7-9-18/h5-16,24H,4,32H2,1-3H3. The quantitative estimate of drug-likeness (QED) is 0.305. The molecule has 41 heavy (non-hydrogen) atoms. The molecule has 1 aliphatic heterocycles. The van der Waals surface area contributed by atoms with E-state index in [-0.39, 0.29) is 29.3 Å². The molecule has 10 nitrogen and oxygen atoms in total. The molecule has 2 N–H and O–H groups in total. The lowest BCUT2D eigenvalue weighted by atomic mass is 9.81. The number of rotatable bonds is 8. The zero-order chi connectivity index (χ0) is 29.5. The van der Waals surface area contributed by atoms with Gasteiger partial charge in [-0.3, -0.25) is 4.90 Å². The Hall–Kier alpha value is -5.08. The summed E-state index contributed by atoms with van der Waals surface area (Å²) in [7, 11) is 2.39. The van der Waals surface area contributed by atoms with Gasteiger partial charge in [0.25, 0.3) is 0 Å². The molecule has 0 bridgehead atoms. The van der Waals surface area contributed by atoms with E-state index < -0.39 is 23.8 Å². The molecule has 2 heterocycles. The third-order valence-corrected chi connectivity index (χ3v) is 7.11. The lowest BCUT2D eigenvalue weighted by molar-refractivity contribution is -0.139. The number of allylic oxidation sites excluding steroid dienone is 1. The van der Waals surface area contributed by atoms with Crippen LogP contribution in [0, 0.1) is 11.3 Å². The molecular formula is C30H26N4O6S. The fourth-order valence-electron chi connectivity index (χ4n) is 4.37. The number of benzene rings is 2. The largest absolute Gasteiger partial charge is 0.466 e. The average Bonchev–Trinajstić information content (AvgIpc) is 3.00. The summed E-state index contributed by atoms with van der Waals surface area (Å²) in [5.41, 5.74) is 7.75. The summed E-state index contributed by atoms with van der Waals surface area (Å²) in [5.74, 6) is -3.05. The van der Waals surface area contributed by atoms with Gasteiger partial charge in [-0.1, -0.05) is 42.1 Å². The molecule has 1 unspecified atom stereocenters. The highest BCUT2D eigenvalue weighted by Crippen LogP contribution is 2.43. The first-order chi connectivity index (χ1) is 19.8. The number of pyridine rings is 1. The maximum atomic E-state index is 13.2. The number of nitriles is 1. The van der Waals surface area contributed by atoms with Gasteiger partial charge in [0, 0.05) is 16.8 Å². The maximum Gasteiger partial charge on any atom is 0.355 e. The molecule has 3 aromatic rings. The van der Waals surface area contributed by atoms with E-state index in [1.807, 2.05) is 0 Å². The van der Waals surface area contributed by atoms with Gasteiger partial charge >= 0.3 is 17.9 Å². The minimum absolute atomic E-state index is 0.0291. The lowest BCUT2D eigenvalue weighted by Gasteiger charge is -2.35. The SMILES string of the molecule is CCOC(=O)c1ccnc(Sc2ccc(N3C(N)=C(C#N)C(c4ccccc4)C(C(=O)OC)=C3C(=O)OC)cc2)c1. The van der Waals surface area contributed by atoms with Crippen LogP contribution in [0.4, 0.5) is 5.69 Å². The molecule has 0 aliphatic carbocycles. The normalized spacial score (nSPS) is 14.8. The first-order valence-corrected chi connectivity index (χ1v) is 13.2. The Labute approximate surface area is 241 Å². The highest BCUT2D eigenvalue weighted by Gasteiger charge is 2.42. The Kier molecular flexibility index (Phi) is 9.06. The van der Waals surface area contributed by atoms with Crippen LogP contribution < -0.4 is 10.6 Å². The Bertz CT molecular complexity index is 1580. The summed E-state index contributed by atoms with van der Waals surface area (Å²) < 4.78 is 15.2. The molecule has 0 saturated heterocycles. The van der Waals surface area contributed by atoms with Crippen molar-refractivity contribution in [1.82, 2.24) is 4.98 Å². The second-order valence-electron chi connectivity index (χ2n) is 8.53. The van der Waals surface area contributed by atoms with Crippen LogP contribution >= 0.6 is 11.8 Å². The highest BCUT2D eigenvalue weighted by atomic mass is 32.2. The third-order valence-electron chi connectivity index (χ3n) is 6.17. The Morgan fingerprint density at radius 2 is 1.68 bits per heavy atom. The molecule has 208 valence electrons. The summed E-state index contributed by atoms with van der Waals surface area (Å²) in [6.07, 6.45) is 1.52. The van der Waals surface area contributed by atoms with Crippen molar-refractivity contribution in [2.75, 3.05) is 25.7 Å². The molecule has 0 fully saturated rings. The van der Waals surface area contributed by atoms with Crippen molar-refractivity contribution in [2.45, 2.75) is 22.8 Å². The average molecular weight is 571 g/mol. The van der Waals surface area contributed by atoms with Gasteiger partial charge < -0.3 is 19.9 Å². The first-order valence-electron chi connectivity index (χ1n) is 12.4. The molecule has 4 rings (SSSR count). The number of aromatic nitrogens is 1. The fourth-order valence-corrected chi connectivity index (χ4v) is 5.19. The second kappa shape index (κ2) is 12.8. The lowest BCUT2D eigenvalue weighted by Crippen LogP contribution is -2.40. The van der Waals surface area contributed by atoms with Crippen molar-refractivity contribution < 1.29 is 28.6 Å². The Balaban J connectivity index is 1.78. The van der Waals surface area contributed by atoms with Crippen molar-refractivity contribution in [3.63, 3.8) is 0 Å². The van der Waals surface area contributed by atoms with E-state index in [0.29, 0.717) is 21.8 Å². The number of hydrogen-bond acceptors (Lipinski definition) is 11. The minimum atomic E-state index is -0.952. The van der Waals surface area contributed by atoms with Gasteiger partial charge in [0.1, 0.15) is 16.5 Å². The molecular weight excluding hydrogens is 544 g/mol. The van der Waals surface area contributed by atoms with Crippen LogP contribution in [-0.2, 0) is 23.8 Å². The van der Waals surface area contributed by atoms with Gasteiger partial charge in [0.2, 0.25) is 0 Å². The number of nitrogens with two attached hydrogens (primary N) is 1. The van der Waals surface area contributed by atoms with Gasteiger partial charge in [-0.2, -0.15) is 5.26 Å². The van der Waals surface area contributed by atoms with Gasteiger partial charge in [-0.05, 0) is 48.9 Å². The number of carbonyl (C=O) groups is 3. The van der Waals surface area contributed by atoms with E-state index in [9.17, 15) is 19.6 Å². The van der Waals surface area contributed by atoms with Crippen LogP contribution in [0.3, 0.4) is 0 Å². The molecule has 0 radical (unpaired) electrons. The zero-order valence-corrected chi connectivity index (χ0v) is 23.3. The molecule has 1 aliphatic rings. The minimum Gasteiger partial charge on any atom is -0.466 e. The number of anilines is 1. The molecule has 1 aromatic heterocycles. The summed E-state index contributed by atoms with van der Waals surface area (Å²) >= 11 is 1.31. The Morgan fingerprint density at radius 3 is 2.29 bits per heavy atom. The molecule has 1 atom stereocenters. The van der Waals surface area contributed by atoms with Crippen molar-refractivity contribution in [3.05, 3.63) is 107 Å². The van der Waals surface area contributed by atoms with Gasteiger partial charge in [-0.15, -0.1) is 0 Å². The number of carbonyl (C=O) groups excluding carboxylic acids is 3. The smallest absolute Gasteiger partial charge is 0.355 e. The number of methoxy groups -OCH3 is 2. The van der Waals surface area contributed by atoms with Crippen LogP contribution in [-0.4, -0.2) is 43.7 Å². The monoisotopic (exact) mass is 570 g/mol. The van der Waals surface area contributed by atoms with Gasteiger partial charge in [0.05, 0.1) is 49.5 Å². The highest BCUT2D eigenvalue weighted by molar-refractivity contribution is 7.99. The Morgan fingerprint density at radius 1 is 1.00 bits per heavy atom. The number of esters is 3. The van der Waals surface area contributed by atoms with Crippen molar-refractivity contribution >= 4 is 35.4 Å². The number of nitrogens with zero attached hydrogens (tertiary/aromatic N) is 3. The maximum absolute atomic E-state index is 13.2. The molecule has 2 aromatic carbocycles. The van der Waals surface area contributed by atoms with Crippen LogP contribution in [0.15, 0.2) is 106 Å². The van der Waals surface area contributed by atoms with Crippen LogP contribution in [0.2, 0.25) is 0 Å². The van der Waals surface area contributed by atoms with E-state index in [1.165, 1.54) is 37.1 Å². The van der Waals surface area contributed by atoms with E-state index in [0.717, 1.165) is 4.90 Å². The summed E-state index contributed by atoms with van der Waals surface area (Å²) in [6.45, 7) is 2.00. The van der Waals surface area contributed by atoms with Crippen molar-refractivity contribution in [2.24, 2.45) is 5.73 Å². The van der Waals surface area contributed by atoms with Crippen LogP contribution in [0.25, 0.3) is 0 Å². The predicted octanol–water partition coefficient (Wildman–Crippen LogP) is 4.31. The fraction of sp³-hybridized carbons (Fsp3) is 0.167. The van der Waals surface area contributed by atoms with Gasteiger partial charge in [-0.25, -0.2) is 19.4 Å². The van der Waals surface area contributed by atoms with Crippen LogP contribution in [0.1, 0.15) is 28.8 Å². The summed E-state index contributed by atoms with van der Waals surface area (Å²) in [5, 5.41) is 10.7. The first kappa shape index (κ1) is 28.9. The zero-order valence-electron chi connectivity index (χ0n) is 22.5.